The van der Waals surface area contributed by atoms with E-state index in [1.165, 1.54) is 0 Å². The molecule has 0 spiro atoms. The van der Waals surface area contributed by atoms with Crippen LogP contribution < -0.4 is 5.32 Å². The zero-order valence-corrected chi connectivity index (χ0v) is 10.8. The van der Waals surface area contributed by atoms with Crippen molar-refractivity contribution in [2.24, 2.45) is 0 Å². The third-order valence-corrected chi connectivity index (χ3v) is 2.84. The number of rotatable bonds is 5. The molecule has 3 nitrogen and oxygen atoms in total. The van der Waals surface area contributed by atoms with Crippen LogP contribution in [-0.2, 0) is 11.3 Å². The molecule has 2 aromatic rings. The maximum absolute atomic E-state index is 9.28. The van der Waals surface area contributed by atoms with Crippen LogP contribution in [0.4, 0.5) is 5.69 Å². The first-order valence-electron chi connectivity index (χ1n) is 6.12. The Labute approximate surface area is 113 Å². The van der Waals surface area contributed by atoms with E-state index < -0.39 is 0 Å². The van der Waals surface area contributed by atoms with Gasteiger partial charge in [0.05, 0.1) is 12.7 Å². The molecule has 0 aliphatic rings. The van der Waals surface area contributed by atoms with Gasteiger partial charge in [-0.25, -0.2) is 0 Å². The van der Waals surface area contributed by atoms with Gasteiger partial charge >= 0.3 is 0 Å². The second-order valence-electron chi connectivity index (χ2n) is 4.25. The van der Waals surface area contributed by atoms with Gasteiger partial charge < -0.3 is 10.1 Å². The maximum atomic E-state index is 9.28. The van der Waals surface area contributed by atoms with E-state index in [2.05, 4.69) is 11.4 Å². The molecule has 0 aliphatic heterocycles. The number of nitrogens with one attached hydrogen (secondary N) is 1. The second-order valence-corrected chi connectivity index (χ2v) is 4.25. The first kappa shape index (κ1) is 13.1. The predicted molar refractivity (Wildman–Crippen MR) is 75.6 cm³/mol. The van der Waals surface area contributed by atoms with Gasteiger partial charge in [0.15, 0.2) is 0 Å². The van der Waals surface area contributed by atoms with Crippen LogP contribution in [0.25, 0.3) is 0 Å². The zero-order chi connectivity index (χ0) is 13.5. The number of para-hydroxylation sites is 1. The fourth-order valence-electron chi connectivity index (χ4n) is 1.86. The summed E-state index contributed by atoms with van der Waals surface area (Å²) in [5, 5.41) is 12.5. The minimum Gasteiger partial charge on any atom is -0.380 e. The largest absolute Gasteiger partial charge is 0.380 e. The Kier molecular flexibility index (Phi) is 4.54. The average molecular weight is 252 g/mol. The van der Waals surface area contributed by atoms with E-state index in [1.807, 2.05) is 54.6 Å². The van der Waals surface area contributed by atoms with Gasteiger partial charge in [-0.1, -0.05) is 42.5 Å². The van der Waals surface area contributed by atoms with Crippen LogP contribution in [0.1, 0.15) is 17.2 Å². The number of nitrogens with zero attached hydrogens (tertiary/aromatic N) is 1. The van der Waals surface area contributed by atoms with E-state index in [-0.39, 0.29) is 6.04 Å². The van der Waals surface area contributed by atoms with Crippen molar-refractivity contribution in [2.45, 2.75) is 12.6 Å². The molecule has 1 N–H and O–H groups in total. The molecular formula is C16H16N2O. The topological polar surface area (TPSA) is 45.0 Å². The number of ether oxygens (including phenoxy) is 1. The lowest BCUT2D eigenvalue weighted by molar-refractivity contribution is 0.185. The van der Waals surface area contributed by atoms with E-state index in [1.54, 1.807) is 7.11 Å². The summed E-state index contributed by atoms with van der Waals surface area (Å²) in [5.41, 5.74) is 2.99. The molecule has 0 heterocycles. The number of methoxy groups -OCH3 is 1. The molecule has 0 saturated heterocycles. The van der Waals surface area contributed by atoms with Gasteiger partial charge in [-0.3, -0.25) is 0 Å². The van der Waals surface area contributed by atoms with Gasteiger partial charge in [-0.05, 0) is 23.3 Å². The lowest BCUT2D eigenvalue weighted by Gasteiger charge is -2.13. The van der Waals surface area contributed by atoms with Crippen molar-refractivity contribution in [3.8, 4) is 6.07 Å². The average Bonchev–Trinajstić information content (AvgIpc) is 2.47. The Morgan fingerprint density at radius 3 is 2.37 bits per heavy atom. The van der Waals surface area contributed by atoms with Crippen LogP contribution >= 0.6 is 0 Å². The molecule has 0 amide bonds. The summed E-state index contributed by atoms with van der Waals surface area (Å²) in [6.45, 7) is 0.587. The minimum absolute atomic E-state index is 0.348. The first-order valence-corrected chi connectivity index (χ1v) is 6.12. The highest BCUT2D eigenvalue weighted by Gasteiger charge is 2.09. The fourth-order valence-corrected chi connectivity index (χ4v) is 1.86. The maximum Gasteiger partial charge on any atom is 0.140 e. The number of benzene rings is 2. The van der Waals surface area contributed by atoms with Gasteiger partial charge in [0.1, 0.15) is 6.04 Å². The molecule has 0 saturated carbocycles. The Morgan fingerprint density at radius 2 is 1.79 bits per heavy atom. The quantitative estimate of drug-likeness (QED) is 0.885. The van der Waals surface area contributed by atoms with Crippen molar-refractivity contribution in [3.63, 3.8) is 0 Å². The van der Waals surface area contributed by atoms with Crippen LogP contribution in [0.3, 0.4) is 0 Å². The van der Waals surface area contributed by atoms with Crippen molar-refractivity contribution in [1.29, 1.82) is 5.26 Å². The molecule has 19 heavy (non-hydrogen) atoms. The first-order chi connectivity index (χ1) is 9.33. The van der Waals surface area contributed by atoms with E-state index >= 15 is 0 Å². The Morgan fingerprint density at radius 1 is 1.11 bits per heavy atom. The number of hydrogen-bond acceptors (Lipinski definition) is 3. The van der Waals surface area contributed by atoms with E-state index in [0.717, 1.165) is 16.8 Å². The molecule has 3 heteroatoms. The van der Waals surface area contributed by atoms with Gasteiger partial charge in [-0.2, -0.15) is 5.26 Å². The molecule has 0 radical (unpaired) electrons. The van der Waals surface area contributed by atoms with Crippen LogP contribution in [-0.4, -0.2) is 7.11 Å². The summed E-state index contributed by atoms with van der Waals surface area (Å²) >= 11 is 0. The van der Waals surface area contributed by atoms with E-state index in [9.17, 15) is 5.26 Å². The van der Waals surface area contributed by atoms with Crippen LogP contribution in [0, 0.1) is 11.3 Å². The molecule has 0 aromatic heterocycles. The summed E-state index contributed by atoms with van der Waals surface area (Å²) < 4.78 is 5.07. The Hall–Kier alpha value is -2.31. The van der Waals surface area contributed by atoms with Gasteiger partial charge in [0, 0.05) is 12.8 Å². The van der Waals surface area contributed by atoms with Crippen LogP contribution in [0.2, 0.25) is 0 Å². The number of anilines is 1. The molecule has 0 fully saturated rings. The Balaban J connectivity index is 2.12. The normalized spacial score (nSPS) is 11.6. The fraction of sp³-hybridized carbons (Fsp3) is 0.188. The molecule has 96 valence electrons. The van der Waals surface area contributed by atoms with Crippen molar-refractivity contribution >= 4 is 5.69 Å². The molecule has 1 atom stereocenters. The van der Waals surface area contributed by atoms with Gasteiger partial charge in [-0.15, -0.1) is 0 Å². The van der Waals surface area contributed by atoms with Crippen molar-refractivity contribution in [1.82, 2.24) is 0 Å². The SMILES string of the molecule is COCc1ccc(C(C#N)Nc2ccccc2)cc1. The number of hydrogen-bond donors (Lipinski definition) is 1. The van der Waals surface area contributed by atoms with Gasteiger partial charge in [0.25, 0.3) is 0 Å². The smallest absolute Gasteiger partial charge is 0.140 e. The summed E-state index contributed by atoms with van der Waals surface area (Å²) in [6.07, 6.45) is 0. The monoisotopic (exact) mass is 252 g/mol. The molecule has 0 aliphatic carbocycles. The highest BCUT2D eigenvalue weighted by atomic mass is 16.5. The van der Waals surface area contributed by atoms with Crippen molar-refractivity contribution in [3.05, 3.63) is 65.7 Å². The lowest BCUT2D eigenvalue weighted by atomic mass is 10.1. The highest BCUT2D eigenvalue weighted by molar-refractivity contribution is 5.47. The van der Waals surface area contributed by atoms with E-state index in [4.69, 9.17) is 4.74 Å². The third kappa shape index (κ3) is 3.57. The molecule has 2 aromatic carbocycles. The molecule has 0 bridgehead atoms. The second kappa shape index (κ2) is 6.58. The molecule has 2 rings (SSSR count). The zero-order valence-electron chi connectivity index (χ0n) is 10.8. The highest BCUT2D eigenvalue weighted by Crippen LogP contribution is 2.19. The summed E-state index contributed by atoms with van der Waals surface area (Å²) in [4.78, 5) is 0. The third-order valence-electron chi connectivity index (χ3n) is 2.84. The summed E-state index contributed by atoms with van der Waals surface area (Å²) in [5.74, 6) is 0. The molecular weight excluding hydrogens is 236 g/mol. The lowest BCUT2D eigenvalue weighted by Crippen LogP contribution is -2.08. The minimum atomic E-state index is -0.348. The summed E-state index contributed by atoms with van der Waals surface area (Å²) in [7, 11) is 1.67. The predicted octanol–water partition coefficient (Wildman–Crippen LogP) is 3.51. The Bertz CT molecular complexity index is 543. The van der Waals surface area contributed by atoms with Crippen LogP contribution in [0.15, 0.2) is 54.6 Å². The molecule has 1 unspecified atom stereocenters. The number of nitriles is 1. The van der Waals surface area contributed by atoms with Gasteiger partial charge in [0.2, 0.25) is 0 Å². The van der Waals surface area contributed by atoms with Crippen molar-refractivity contribution < 1.29 is 4.74 Å². The van der Waals surface area contributed by atoms with Crippen LogP contribution in [0.5, 0.6) is 0 Å². The summed E-state index contributed by atoms with van der Waals surface area (Å²) in [6, 6.07) is 19.5. The van der Waals surface area contributed by atoms with E-state index in [0.29, 0.717) is 6.61 Å². The standard InChI is InChI=1S/C16H16N2O/c1-19-12-13-7-9-14(10-8-13)16(11-17)18-15-5-3-2-4-6-15/h2-10,16,18H,12H2,1H3. The van der Waals surface area contributed by atoms with Crippen molar-refractivity contribution in [2.75, 3.05) is 12.4 Å².